The number of amides is 1. The minimum absolute atomic E-state index is 0.0755. The van der Waals surface area contributed by atoms with Crippen molar-refractivity contribution in [2.45, 2.75) is 34.1 Å². The zero-order valence-corrected chi connectivity index (χ0v) is 12.2. The van der Waals surface area contributed by atoms with Crippen LogP contribution in [-0.2, 0) is 9.59 Å². The predicted molar refractivity (Wildman–Crippen MR) is 75.0 cm³/mol. The number of anilines is 1. The molecule has 0 aliphatic rings. The number of carboxylic acids is 1. The summed E-state index contributed by atoms with van der Waals surface area (Å²) < 4.78 is 13.5. The first-order valence-electron chi connectivity index (χ1n) is 6.46. The predicted octanol–water partition coefficient (Wildman–Crippen LogP) is 3.21. The zero-order chi connectivity index (χ0) is 15.5. The molecule has 1 unspecified atom stereocenters. The molecule has 2 N–H and O–H groups in total. The molecule has 20 heavy (non-hydrogen) atoms. The molecule has 1 atom stereocenters. The van der Waals surface area contributed by atoms with Crippen LogP contribution in [-0.4, -0.2) is 17.0 Å². The Morgan fingerprint density at radius 3 is 2.50 bits per heavy atom. The molecule has 0 aliphatic heterocycles. The van der Waals surface area contributed by atoms with E-state index in [0.717, 1.165) is 5.56 Å². The largest absolute Gasteiger partial charge is 0.481 e. The van der Waals surface area contributed by atoms with Crippen molar-refractivity contribution in [3.8, 4) is 0 Å². The summed E-state index contributed by atoms with van der Waals surface area (Å²) in [5, 5.41) is 11.7. The number of carbonyl (C=O) groups excluding carboxylic acids is 1. The molecule has 0 radical (unpaired) electrons. The average molecular weight is 281 g/mol. The van der Waals surface area contributed by atoms with Crippen molar-refractivity contribution in [3.63, 3.8) is 0 Å². The third-order valence-corrected chi connectivity index (χ3v) is 3.69. The van der Waals surface area contributed by atoms with Crippen LogP contribution in [0, 0.1) is 24.1 Å². The first-order valence-corrected chi connectivity index (χ1v) is 6.46. The molecule has 0 saturated carbocycles. The van der Waals surface area contributed by atoms with Crippen LogP contribution in [0.5, 0.6) is 0 Å². The van der Waals surface area contributed by atoms with Gasteiger partial charge < -0.3 is 10.4 Å². The van der Waals surface area contributed by atoms with Gasteiger partial charge in [-0.25, -0.2) is 4.39 Å². The fraction of sp³-hybridized carbons (Fsp3) is 0.467. The number of nitrogens with one attached hydrogen (secondary N) is 1. The first-order chi connectivity index (χ1) is 9.16. The highest BCUT2D eigenvalue weighted by Crippen LogP contribution is 2.32. The highest BCUT2D eigenvalue weighted by atomic mass is 19.1. The van der Waals surface area contributed by atoms with Gasteiger partial charge in [-0.15, -0.1) is 0 Å². The summed E-state index contributed by atoms with van der Waals surface area (Å²) in [5.74, 6) is -2.29. The van der Waals surface area contributed by atoms with E-state index in [4.69, 9.17) is 0 Å². The van der Waals surface area contributed by atoms with Gasteiger partial charge in [0, 0.05) is 6.42 Å². The minimum Gasteiger partial charge on any atom is -0.481 e. The smallest absolute Gasteiger partial charge is 0.310 e. The number of halogens is 1. The number of hydrogen-bond acceptors (Lipinski definition) is 2. The van der Waals surface area contributed by atoms with Crippen molar-refractivity contribution in [3.05, 3.63) is 29.6 Å². The minimum atomic E-state index is -1.18. The standard InChI is InChI=1S/C15H20FNO3/c1-9(2)15(4,14(19)20)8-13(18)17-12-7-10(3)5-6-11(12)16/h5-7,9H,8H2,1-4H3,(H,17,18)(H,19,20). The second-order valence-electron chi connectivity index (χ2n) is 5.59. The zero-order valence-electron chi connectivity index (χ0n) is 12.2. The van der Waals surface area contributed by atoms with Gasteiger partial charge in [-0.1, -0.05) is 19.9 Å². The molecule has 1 aromatic carbocycles. The van der Waals surface area contributed by atoms with E-state index in [1.807, 2.05) is 0 Å². The Balaban J connectivity index is 2.87. The Labute approximate surface area is 118 Å². The third kappa shape index (κ3) is 3.56. The third-order valence-electron chi connectivity index (χ3n) is 3.69. The molecular weight excluding hydrogens is 261 g/mol. The lowest BCUT2D eigenvalue weighted by molar-refractivity contribution is -0.153. The molecule has 0 saturated heterocycles. The summed E-state index contributed by atoms with van der Waals surface area (Å²) in [6, 6.07) is 4.38. The van der Waals surface area contributed by atoms with Gasteiger partial charge in [0.15, 0.2) is 0 Å². The van der Waals surface area contributed by atoms with Crippen LogP contribution in [0.1, 0.15) is 32.8 Å². The number of carboxylic acid groups (broad SMARTS) is 1. The van der Waals surface area contributed by atoms with E-state index in [1.165, 1.54) is 19.1 Å². The SMILES string of the molecule is Cc1ccc(F)c(NC(=O)CC(C)(C(=O)O)C(C)C)c1. The van der Waals surface area contributed by atoms with E-state index in [2.05, 4.69) is 5.32 Å². The monoisotopic (exact) mass is 281 g/mol. The molecule has 0 fully saturated rings. The molecule has 5 heteroatoms. The first kappa shape index (κ1) is 16.1. The summed E-state index contributed by atoms with van der Waals surface area (Å²) in [6.45, 7) is 6.79. The van der Waals surface area contributed by atoms with Gasteiger partial charge in [0.05, 0.1) is 11.1 Å². The number of carbonyl (C=O) groups is 2. The van der Waals surface area contributed by atoms with E-state index in [9.17, 15) is 19.1 Å². The van der Waals surface area contributed by atoms with Crippen LogP contribution < -0.4 is 5.32 Å². The van der Waals surface area contributed by atoms with Gasteiger partial charge in [-0.2, -0.15) is 0 Å². The molecular formula is C15H20FNO3. The van der Waals surface area contributed by atoms with Crippen LogP contribution in [0.3, 0.4) is 0 Å². The second kappa shape index (κ2) is 6.03. The Kier molecular flexibility index (Phi) is 4.87. The maximum atomic E-state index is 13.5. The molecule has 0 bridgehead atoms. The molecule has 0 aliphatic carbocycles. The summed E-state index contributed by atoms with van der Waals surface area (Å²) in [5.41, 5.74) is -0.289. The molecule has 1 aromatic rings. The number of aryl methyl sites for hydroxylation is 1. The maximum absolute atomic E-state index is 13.5. The van der Waals surface area contributed by atoms with Gasteiger partial charge in [-0.05, 0) is 37.5 Å². The van der Waals surface area contributed by atoms with Gasteiger partial charge in [0.1, 0.15) is 5.82 Å². The average Bonchev–Trinajstić information content (AvgIpc) is 2.33. The Morgan fingerprint density at radius 1 is 1.40 bits per heavy atom. The molecule has 1 rings (SSSR count). The quantitative estimate of drug-likeness (QED) is 0.871. The fourth-order valence-electron chi connectivity index (χ4n) is 1.79. The van der Waals surface area contributed by atoms with Crippen LogP contribution in [0.15, 0.2) is 18.2 Å². The lowest BCUT2D eigenvalue weighted by atomic mass is 9.76. The summed E-state index contributed by atoms with van der Waals surface area (Å²) in [4.78, 5) is 23.3. The lowest BCUT2D eigenvalue weighted by Crippen LogP contribution is -2.37. The molecule has 4 nitrogen and oxygen atoms in total. The highest BCUT2D eigenvalue weighted by molar-refractivity contribution is 5.94. The number of benzene rings is 1. The topological polar surface area (TPSA) is 66.4 Å². The highest BCUT2D eigenvalue weighted by Gasteiger charge is 2.38. The van der Waals surface area contributed by atoms with Crippen LogP contribution in [0.4, 0.5) is 10.1 Å². The summed E-state index contributed by atoms with van der Waals surface area (Å²) in [6.07, 6.45) is -0.201. The number of rotatable bonds is 5. The normalized spacial score (nSPS) is 13.9. The van der Waals surface area contributed by atoms with Gasteiger partial charge >= 0.3 is 5.97 Å². The van der Waals surface area contributed by atoms with Crippen LogP contribution in [0.25, 0.3) is 0 Å². The van der Waals surface area contributed by atoms with E-state index in [1.54, 1.807) is 26.8 Å². The van der Waals surface area contributed by atoms with Crippen molar-refractivity contribution in [1.29, 1.82) is 0 Å². The van der Waals surface area contributed by atoms with E-state index < -0.39 is 23.1 Å². The summed E-state index contributed by atoms with van der Waals surface area (Å²) in [7, 11) is 0. The Bertz CT molecular complexity index is 528. The number of hydrogen-bond donors (Lipinski definition) is 2. The lowest BCUT2D eigenvalue weighted by Gasteiger charge is -2.28. The number of aliphatic carboxylic acids is 1. The molecule has 0 heterocycles. The summed E-state index contributed by atoms with van der Waals surface area (Å²) >= 11 is 0. The molecule has 1 amide bonds. The second-order valence-corrected chi connectivity index (χ2v) is 5.59. The van der Waals surface area contributed by atoms with Crippen LogP contribution >= 0.6 is 0 Å². The van der Waals surface area contributed by atoms with Crippen molar-refractivity contribution < 1.29 is 19.1 Å². The van der Waals surface area contributed by atoms with E-state index in [-0.39, 0.29) is 18.0 Å². The van der Waals surface area contributed by atoms with Gasteiger partial charge in [0.2, 0.25) is 5.91 Å². The van der Waals surface area contributed by atoms with Crippen molar-refractivity contribution >= 4 is 17.6 Å². The maximum Gasteiger partial charge on any atom is 0.310 e. The van der Waals surface area contributed by atoms with Crippen molar-refractivity contribution in [2.75, 3.05) is 5.32 Å². The van der Waals surface area contributed by atoms with Gasteiger partial charge in [0.25, 0.3) is 0 Å². The Morgan fingerprint density at radius 2 is 2.00 bits per heavy atom. The van der Waals surface area contributed by atoms with E-state index in [0.29, 0.717) is 0 Å². The van der Waals surface area contributed by atoms with Crippen LogP contribution in [0.2, 0.25) is 0 Å². The van der Waals surface area contributed by atoms with Crippen molar-refractivity contribution in [1.82, 2.24) is 0 Å². The molecule has 0 aromatic heterocycles. The Hall–Kier alpha value is -1.91. The van der Waals surface area contributed by atoms with E-state index >= 15 is 0 Å². The molecule has 110 valence electrons. The fourth-order valence-corrected chi connectivity index (χ4v) is 1.79. The molecule has 0 spiro atoms. The van der Waals surface area contributed by atoms with Crippen molar-refractivity contribution in [2.24, 2.45) is 11.3 Å². The van der Waals surface area contributed by atoms with Gasteiger partial charge in [-0.3, -0.25) is 9.59 Å².